The molecule has 2 atom stereocenters. The topological polar surface area (TPSA) is 78.5 Å². The molecule has 0 aliphatic carbocycles. The van der Waals surface area contributed by atoms with E-state index >= 15 is 0 Å². The molecule has 0 aromatic heterocycles. The fourth-order valence-electron chi connectivity index (χ4n) is 4.66. The Morgan fingerprint density at radius 3 is 2.20 bits per heavy atom. The van der Waals surface area contributed by atoms with Gasteiger partial charge in [-0.15, -0.1) is 0 Å². The van der Waals surface area contributed by atoms with Crippen LogP contribution >= 0.6 is 0 Å². The monoisotopic (exact) mass is 491 g/mol. The Morgan fingerprint density at radius 2 is 1.51 bits per heavy atom. The van der Waals surface area contributed by atoms with Crippen molar-refractivity contribution in [2.24, 2.45) is 0 Å². The van der Waals surface area contributed by atoms with Gasteiger partial charge < -0.3 is 10.6 Å². The quantitative estimate of drug-likeness (QED) is 0.453. The van der Waals surface area contributed by atoms with E-state index in [-0.39, 0.29) is 36.0 Å². The minimum Gasteiger partial charge on any atom is -0.325 e. The van der Waals surface area contributed by atoms with E-state index in [4.69, 9.17) is 0 Å². The molecule has 1 heterocycles. The SMILES string of the molecule is CCc1ccccc1NC(=O)CN(Cc1ccccc1)C1CS(=O)(=O)CC1NCc1ccccc1. The molecule has 0 radical (unpaired) electrons. The number of carbonyl (C=O) groups excluding carboxylic acids is 1. The number of sulfone groups is 1. The molecule has 1 amide bonds. The average Bonchev–Trinajstić information content (AvgIpc) is 3.18. The zero-order valence-electron chi connectivity index (χ0n) is 20.1. The van der Waals surface area contributed by atoms with Crippen molar-refractivity contribution in [2.75, 3.05) is 23.4 Å². The minimum atomic E-state index is -3.23. The van der Waals surface area contributed by atoms with Crippen molar-refractivity contribution in [2.45, 2.75) is 38.5 Å². The molecule has 1 fully saturated rings. The number of amides is 1. The first-order chi connectivity index (χ1) is 16.9. The van der Waals surface area contributed by atoms with Crippen molar-refractivity contribution in [1.29, 1.82) is 0 Å². The summed E-state index contributed by atoms with van der Waals surface area (Å²) < 4.78 is 25.4. The van der Waals surface area contributed by atoms with Gasteiger partial charge in [-0.1, -0.05) is 85.8 Å². The van der Waals surface area contributed by atoms with Crippen LogP contribution in [0.2, 0.25) is 0 Å². The zero-order chi connectivity index (χ0) is 24.7. The lowest BCUT2D eigenvalue weighted by molar-refractivity contribution is -0.118. The Hall–Kier alpha value is -3.00. The molecule has 2 unspecified atom stereocenters. The highest BCUT2D eigenvalue weighted by atomic mass is 32.2. The number of aryl methyl sites for hydroxylation is 1. The summed E-state index contributed by atoms with van der Waals surface area (Å²) in [4.78, 5) is 15.2. The van der Waals surface area contributed by atoms with Crippen molar-refractivity contribution in [3.8, 4) is 0 Å². The summed E-state index contributed by atoms with van der Waals surface area (Å²) in [6.45, 7) is 3.23. The van der Waals surface area contributed by atoms with Crippen LogP contribution in [0.15, 0.2) is 84.9 Å². The van der Waals surface area contributed by atoms with Crippen LogP contribution in [-0.2, 0) is 34.1 Å². The smallest absolute Gasteiger partial charge is 0.238 e. The molecule has 0 spiro atoms. The van der Waals surface area contributed by atoms with Gasteiger partial charge in [-0.2, -0.15) is 0 Å². The molecule has 6 nitrogen and oxygen atoms in total. The summed E-state index contributed by atoms with van der Waals surface area (Å²) in [5.41, 5.74) is 4.01. The van der Waals surface area contributed by atoms with E-state index in [2.05, 4.69) is 17.6 Å². The average molecular weight is 492 g/mol. The van der Waals surface area contributed by atoms with Crippen LogP contribution in [0.4, 0.5) is 5.69 Å². The summed E-state index contributed by atoms with van der Waals surface area (Å²) in [6.07, 6.45) is 0.816. The Balaban J connectivity index is 1.54. The van der Waals surface area contributed by atoms with Crippen molar-refractivity contribution < 1.29 is 13.2 Å². The number of hydrogen-bond donors (Lipinski definition) is 2. The molecule has 35 heavy (non-hydrogen) atoms. The van der Waals surface area contributed by atoms with Gasteiger partial charge in [0.1, 0.15) is 0 Å². The number of nitrogens with one attached hydrogen (secondary N) is 2. The molecule has 1 aliphatic heterocycles. The van der Waals surface area contributed by atoms with Gasteiger partial charge in [-0.25, -0.2) is 8.42 Å². The second kappa shape index (κ2) is 11.6. The first-order valence-electron chi connectivity index (χ1n) is 12.1. The molecule has 2 N–H and O–H groups in total. The third-order valence-corrected chi connectivity index (χ3v) is 8.17. The fraction of sp³-hybridized carbons (Fsp3) is 0.321. The first kappa shape index (κ1) is 25.1. The molecule has 4 rings (SSSR count). The summed E-state index contributed by atoms with van der Waals surface area (Å²) in [7, 11) is -3.23. The number of carbonyl (C=O) groups is 1. The molecule has 1 saturated heterocycles. The molecular formula is C28H33N3O3S. The van der Waals surface area contributed by atoms with Crippen LogP contribution < -0.4 is 10.6 Å². The number of anilines is 1. The Kier molecular flexibility index (Phi) is 8.33. The maximum absolute atomic E-state index is 13.2. The van der Waals surface area contributed by atoms with Crippen LogP contribution in [0.5, 0.6) is 0 Å². The zero-order valence-corrected chi connectivity index (χ0v) is 20.9. The normalized spacial score (nSPS) is 19.0. The maximum atomic E-state index is 13.2. The van der Waals surface area contributed by atoms with Crippen LogP contribution in [0.25, 0.3) is 0 Å². The Bertz CT molecular complexity index is 1220. The second-order valence-electron chi connectivity index (χ2n) is 9.07. The van der Waals surface area contributed by atoms with Gasteiger partial charge in [-0.3, -0.25) is 9.69 Å². The number of nitrogens with zero attached hydrogens (tertiary/aromatic N) is 1. The van der Waals surface area contributed by atoms with E-state index < -0.39 is 9.84 Å². The van der Waals surface area contributed by atoms with Gasteiger partial charge >= 0.3 is 0 Å². The molecule has 0 bridgehead atoms. The first-order valence-corrected chi connectivity index (χ1v) is 13.9. The predicted molar refractivity (Wildman–Crippen MR) is 141 cm³/mol. The van der Waals surface area contributed by atoms with Gasteiger partial charge in [-0.05, 0) is 29.2 Å². The molecule has 3 aromatic rings. The van der Waals surface area contributed by atoms with Crippen molar-refractivity contribution >= 4 is 21.4 Å². The lowest BCUT2D eigenvalue weighted by atomic mass is 10.1. The second-order valence-corrected chi connectivity index (χ2v) is 11.2. The number of benzene rings is 3. The Labute approximate surface area is 208 Å². The lowest BCUT2D eigenvalue weighted by Crippen LogP contribution is -2.51. The minimum absolute atomic E-state index is 0.0329. The fourth-order valence-corrected chi connectivity index (χ4v) is 6.65. The van der Waals surface area contributed by atoms with E-state index in [1.54, 1.807) is 0 Å². The number of rotatable bonds is 10. The summed E-state index contributed by atoms with van der Waals surface area (Å²) in [6, 6.07) is 27.0. The van der Waals surface area contributed by atoms with E-state index in [0.717, 1.165) is 28.8 Å². The number of hydrogen-bond acceptors (Lipinski definition) is 5. The highest BCUT2D eigenvalue weighted by Crippen LogP contribution is 2.22. The molecule has 7 heteroatoms. The summed E-state index contributed by atoms with van der Waals surface area (Å²) in [5.74, 6) is -0.0470. The standard InChI is InChI=1S/C28H33N3O3S/c1-2-24-15-9-10-16-25(24)30-28(32)19-31(18-23-13-7-4-8-14-23)27-21-35(33,34)20-26(27)29-17-22-11-5-3-6-12-22/h3-16,26-27,29H,2,17-21H2,1H3,(H,30,32). The van der Waals surface area contributed by atoms with Crippen molar-refractivity contribution in [3.05, 3.63) is 102 Å². The van der Waals surface area contributed by atoms with Gasteiger partial charge in [0.15, 0.2) is 9.84 Å². The van der Waals surface area contributed by atoms with E-state index in [1.165, 1.54) is 0 Å². The third kappa shape index (κ3) is 7.01. The molecule has 184 valence electrons. The van der Waals surface area contributed by atoms with Crippen LogP contribution in [0.3, 0.4) is 0 Å². The molecular weight excluding hydrogens is 458 g/mol. The van der Waals surface area contributed by atoms with E-state index in [0.29, 0.717) is 13.1 Å². The summed E-state index contributed by atoms with van der Waals surface area (Å²) >= 11 is 0. The predicted octanol–water partition coefficient (Wildman–Crippen LogP) is 3.65. The van der Waals surface area contributed by atoms with Crippen molar-refractivity contribution in [1.82, 2.24) is 10.2 Å². The summed E-state index contributed by atoms with van der Waals surface area (Å²) in [5, 5.41) is 6.50. The third-order valence-electron chi connectivity index (χ3n) is 6.45. The van der Waals surface area contributed by atoms with Gasteiger partial charge in [0.2, 0.25) is 5.91 Å². The van der Waals surface area contributed by atoms with Gasteiger partial charge in [0.05, 0.1) is 18.1 Å². The lowest BCUT2D eigenvalue weighted by Gasteiger charge is -2.32. The van der Waals surface area contributed by atoms with Crippen LogP contribution in [0.1, 0.15) is 23.6 Å². The highest BCUT2D eigenvalue weighted by molar-refractivity contribution is 7.91. The van der Waals surface area contributed by atoms with Crippen molar-refractivity contribution in [3.63, 3.8) is 0 Å². The van der Waals surface area contributed by atoms with E-state index in [1.807, 2.05) is 89.8 Å². The maximum Gasteiger partial charge on any atom is 0.238 e. The van der Waals surface area contributed by atoms with Crippen LogP contribution in [-0.4, -0.2) is 49.4 Å². The largest absolute Gasteiger partial charge is 0.325 e. The van der Waals surface area contributed by atoms with Gasteiger partial charge in [0, 0.05) is 30.9 Å². The highest BCUT2D eigenvalue weighted by Gasteiger charge is 2.41. The van der Waals surface area contributed by atoms with E-state index in [9.17, 15) is 13.2 Å². The molecule has 1 aliphatic rings. The molecule has 0 saturated carbocycles. The Morgan fingerprint density at radius 1 is 0.886 bits per heavy atom. The number of para-hydroxylation sites is 1. The van der Waals surface area contributed by atoms with Gasteiger partial charge in [0.25, 0.3) is 0 Å². The van der Waals surface area contributed by atoms with Crippen LogP contribution in [0, 0.1) is 0 Å². The molecule has 3 aromatic carbocycles.